The Labute approximate surface area is 119 Å². The molecule has 20 heavy (non-hydrogen) atoms. The molecule has 0 saturated heterocycles. The molecule has 0 saturated carbocycles. The van der Waals surface area contributed by atoms with Gasteiger partial charge in [-0.15, -0.1) is 0 Å². The fourth-order valence-corrected chi connectivity index (χ4v) is 3.26. The van der Waals surface area contributed by atoms with Crippen molar-refractivity contribution in [3.63, 3.8) is 0 Å². The predicted molar refractivity (Wildman–Crippen MR) is 78.6 cm³/mol. The Hall–Kier alpha value is -1.96. The number of fused-ring (bicyclic) bond motifs is 2. The number of hydrogen-bond donors (Lipinski definition) is 0. The summed E-state index contributed by atoms with van der Waals surface area (Å²) in [7, 11) is 0. The maximum Gasteiger partial charge on any atom is 0.126 e. The number of benzene rings is 2. The summed E-state index contributed by atoms with van der Waals surface area (Å²) in [6, 6.07) is 14.9. The molecule has 2 heterocycles. The molecular weight excluding hydrogens is 248 g/mol. The van der Waals surface area contributed by atoms with Gasteiger partial charge in [0, 0.05) is 11.5 Å². The van der Waals surface area contributed by atoms with Crippen LogP contribution in [0.2, 0.25) is 0 Å². The average Bonchev–Trinajstić information content (AvgIpc) is 2.54. The zero-order chi connectivity index (χ0) is 13.4. The van der Waals surface area contributed by atoms with E-state index in [1.807, 2.05) is 6.07 Å². The molecule has 4 rings (SSSR count). The molecule has 0 N–H and O–H groups in total. The highest BCUT2D eigenvalue weighted by Gasteiger charge is 2.25. The van der Waals surface area contributed by atoms with Crippen LogP contribution in [0.4, 0.5) is 0 Å². The minimum atomic E-state index is 0.401. The van der Waals surface area contributed by atoms with Gasteiger partial charge in [-0.05, 0) is 36.5 Å². The first-order valence-corrected chi connectivity index (χ1v) is 7.37. The normalized spacial score (nSPS) is 20.3. The molecule has 0 aromatic heterocycles. The molecular formula is C18H18O2. The van der Waals surface area contributed by atoms with Crippen molar-refractivity contribution in [2.45, 2.75) is 25.2 Å². The van der Waals surface area contributed by atoms with E-state index >= 15 is 0 Å². The van der Waals surface area contributed by atoms with Crippen LogP contribution in [0.25, 0.3) is 0 Å². The van der Waals surface area contributed by atoms with Crippen molar-refractivity contribution in [3.05, 3.63) is 59.2 Å². The van der Waals surface area contributed by atoms with Crippen molar-refractivity contribution in [2.24, 2.45) is 0 Å². The van der Waals surface area contributed by atoms with Crippen molar-refractivity contribution in [3.8, 4) is 11.5 Å². The van der Waals surface area contributed by atoms with Crippen molar-refractivity contribution >= 4 is 0 Å². The largest absolute Gasteiger partial charge is 0.493 e. The van der Waals surface area contributed by atoms with Gasteiger partial charge in [-0.1, -0.05) is 36.4 Å². The van der Waals surface area contributed by atoms with Gasteiger partial charge in [0.2, 0.25) is 0 Å². The second-order valence-electron chi connectivity index (χ2n) is 5.61. The topological polar surface area (TPSA) is 18.5 Å². The monoisotopic (exact) mass is 266 g/mol. The van der Waals surface area contributed by atoms with E-state index in [2.05, 4.69) is 36.4 Å². The van der Waals surface area contributed by atoms with Crippen LogP contribution in [0, 0.1) is 0 Å². The Bertz CT molecular complexity index is 633. The van der Waals surface area contributed by atoms with E-state index < -0.39 is 0 Å². The van der Waals surface area contributed by atoms with E-state index in [1.165, 1.54) is 16.7 Å². The predicted octanol–water partition coefficient (Wildman–Crippen LogP) is 3.73. The van der Waals surface area contributed by atoms with Crippen LogP contribution in [-0.2, 0) is 12.8 Å². The molecule has 0 radical (unpaired) electrons. The number of ether oxygens (including phenoxy) is 2. The van der Waals surface area contributed by atoms with Crippen LogP contribution in [0.5, 0.6) is 11.5 Å². The number of para-hydroxylation sites is 2. The maximum atomic E-state index is 5.94. The van der Waals surface area contributed by atoms with Gasteiger partial charge in [-0.3, -0.25) is 0 Å². The van der Waals surface area contributed by atoms with Crippen molar-refractivity contribution < 1.29 is 9.47 Å². The molecule has 2 heteroatoms. The minimum absolute atomic E-state index is 0.401. The van der Waals surface area contributed by atoms with E-state index in [0.717, 1.165) is 44.0 Å². The summed E-state index contributed by atoms with van der Waals surface area (Å²) in [6.45, 7) is 1.59. The number of rotatable bonds is 1. The molecule has 2 aliphatic rings. The molecule has 2 aromatic rings. The minimum Gasteiger partial charge on any atom is -0.493 e. The van der Waals surface area contributed by atoms with Crippen molar-refractivity contribution in [1.82, 2.24) is 0 Å². The zero-order valence-electron chi connectivity index (χ0n) is 11.5. The lowest BCUT2D eigenvalue weighted by Gasteiger charge is -2.29. The third-order valence-corrected chi connectivity index (χ3v) is 4.28. The maximum absolute atomic E-state index is 5.94. The fourth-order valence-electron chi connectivity index (χ4n) is 3.26. The Balaban J connectivity index is 1.70. The summed E-state index contributed by atoms with van der Waals surface area (Å²) in [5, 5.41) is 0. The van der Waals surface area contributed by atoms with Crippen LogP contribution in [0.3, 0.4) is 0 Å². The van der Waals surface area contributed by atoms with Gasteiger partial charge in [-0.25, -0.2) is 0 Å². The Morgan fingerprint density at radius 2 is 1.80 bits per heavy atom. The van der Waals surface area contributed by atoms with Gasteiger partial charge in [0.15, 0.2) is 0 Å². The van der Waals surface area contributed by atoms with Gasteiger partial charge in [0.25, 0.3) is 0 Å². The quantitative estimate of drug-likeness (QED) is 0.783. The third kappa shape index (κ3) is 1.96. The molecule has 1 atom stereocenters. The molecule has 1 unspecified atom stereocenters. The zero-order valence-corrected chi connectivity index (χ0v) is 11.5. The summed E-state index contributed by atoms with van der Waals surface area (Å²) in [6.07, 6.45) is 3.30. The lowest BCUT2D eigenvalue weighted by atomic mass is 9.87. The summed E-state index contributed by atoms with van der Waals surface area (Å²) in [5.74, 6) is 2.55. The molecule has 0 fully saturated rings. The summed E-state index contributed by atoms with van der Waals surface area (Å²) >= 11 is 0. The second-order valence-corrected chi connectivity index (χ2v) is 5.61. The smallest absolute Gasteiger partial charge is 0.126 e. The van der Waals surface area contributed by atoms with Crippen molar-refractivity contribution in [1.29, 1.82) is 0 Å². The highest BCUT2D eigenvalue weighted by atomic mass is 16.5. The van der Waals surface area contributed by atoms with E-state index in [4.69, 9.17) is 9.47 Å². The summed E-state index contributed by atoms with van der Waals surface area (Å²) in [5.41, 5.74) is 3.97. The first kappa shape index (κ1) is 11.8. The molecule has 0 aliphatic carbocycles. The van der Waals surface area contributed by atoms with Crippen LogP contribution in [0.15, 0.2) is 42.5 Å². The van der Waals surface area contributed by atoms with E-state index in [-0.39, 0.29) is 0 Å². The second kappa shape index (κ2) is 4.86. The molecule has 2 aliphatic heterocycles. The van der Waals surface area contributed by atoms with Gasteiger partial charge in [-0.2, -0.15) is 0 Å². The van der Waals surface area contributed by atoms with Gasteiger partial charge >= 0.3 is 0 Å². The lowest BCUT2D eigenvalue weighted by Crippen LogP contribution is -2.21. The van der Waals surface area contributed by atoms with Gasteiger partial charge in [0.1, 0.15) is 11.5 Å². The van der Waals surface area contributed by atoms with Crippen molar-refractivity contribution in [2.75, 3.05) is 13.2 Å². The summed E-state index contributed by atoms with van der Waals surface area (Å²) in [4.78, 5) is 0. The lowest BCUT2D eigenvalue weighted by molar-refractivity contribution is 0.248. The van der Waals surface area contributed by atoms with E-state index in [1.54, 1.807) is 0 Å². The van der Waals surface area contributed by atoms with E-state index in [9.17, 15) is 0 Å². The highest BCUT2D eigenvalue weighted by molar-refractivity contribution is 5.47. The third-order valence-electron chi connectivity index (χ3n) is 4.28. The molecule has 2 nitrogen and oxygen atoms in total. The van der Waals surface area contributed by atoms with Gasteiger partial charge < -0.3 is 9.47 Å². The molecule has 2 aromatic carbocycles. The standard InChI is InChI=1S/C18H18O2/c1-2-9-17-14(5-1)11-15(12-20-17)16-8-3-6-13-7-4-10-19-18(13)16/h1-3,5-6,8-9,15H,4,7,10-12H2. The average molecular weight is 266 g/mol. The molecule has 0 spiro atoms. The van der Waals surface area contributed by atoms with Gasteiger partial charge in [0.05, 0.1) is 13.2 Å². The van der Waals surface area contributed by atoms with Crippen LogP contribution in [0.1, 0.15) is 29.0 Å². The molecule has 0 amide bonds. The number of hydrogen-bond acceptors (Lipinski definition) is 2. The first-order chi connectivity index (χ1) is 9.92. The Morgan fingerprint density at radius 3 is 2.80 bits per heavy atom. The Kier molecular flexibility index (Phi) is 2.87. The van der Waals surface area contributed by atoms with Crippen LogP contribution in [-0.4, -0.2) is 13.2 Å². The van der Waals surface area contributed by atoms with Crippen LogP contribution >= 0.6 is 0 Å². The van der Waals surface area contributed by atoms with E-state index in [0.29, 0.717) is 5.92 Å². The SMILES string of the molecule is c1ccc2c(c1)CC(c1cccc3c1OCCC3)CO2. The molecule has 0 bridgehead atoms. The first-order valence-electron chi connectivity index (χ1n) is 7.37. The molecule has 102 valence electrons. The summed E-state index contributed by atoms with van der Waals surface area (Å²) < 4.78 is 11.9. The fraction of sp³-hybridized carbons (Fsp3) is 0.333. The van der Waals surface area contributed by atoms with Crippen LogP contribution < -0.4 is 9.47 Å². The number of aryl methyl sites for hydroxylation is 1. The highest BCUT2D eigenvalue weighted by Crippen LogP contribution is 2.39. The Morgan fingerprint density at radius 1 is 0.900 bits per heavy atom.